The molecule has 0 atom stereocenters. The number of carbonyl (C=O) groups excluding carboxylic acids is 2. The summed E-state index contributed by atoms with van der Waals surface area (Å²) in [4.78, 5) is 28.6. The molecule has 0 radical (unpaired) electrons. The summed E-state index contributed by atoms with van der Waals surface area (Å²) in [5.41, 5.74) is 4.07. The van der Waals surface area contributed by atoms with Crippen molar-refractivity contribution in [2.24, 2.45) is 0 Å². The minimum Gasteiger partial charge on any atom is -0.466 e. The molecule has 1 heterocycles. The van der Waals surface area contributed by atoms with E-state index in [1.54, 1.807) is 6.08 Å². The average Bonchev–Trinajstić information content (AvgIpc) is 2.74. The van der Waals surface area contributed by atoms with E-state index in [-0.39, 0.29) is 5.91 Å². The lowest BCUT2D eigenvalue weighted by Gasteiger charge is -2.10. The van der Waals surface area contributed by atoms with Gasteiger partial charge in [0, 0.05) is 23.6 Å². The van der Waals surface area contributed by atoms with Crippen molar-refractivity contribution in [3.63, 3.8) is 0 Å². The molecule has 5 nitrogen and oxygen atoms in total. The van der Waals surface area contributed by atoms with Crippen LogP contribution in [0.2, 0.25) is 0 Å². The number of esters is 1. The zero-order valence-electron chi connectivity index (χ0n) is 17.5. The minimum atomic E-state index is -0.455. The van der Waals surface area contributed by atoms with Gasteiger partial charge in [-0.3, -0.25) is 4.79 Å². The van der Waals surface area contributed by atoms with E-state index in [9.17, 15) is 9.59 Å². The number of allylic oxidation sites excluding steroid dienone is 3. The van der Waals surface area contributed by atoms with Crippen LogP contribution in [0.15, 0.2) is 59.7 Å². The van der Waals surface area contributed by atoms with Gasteiger partial charge < -0.3 is 10.1 Å². The van der Waals surface area contributed by atoms with Crippen LogP contribution in [0.5, 0.6) is 0 Å². The van der Waals surface area contributed by atoms with Gasteiger partial charge in [-0.2, -0.15) is 0 Å². The third-order valence-electron chi connectivity index (χ3n) is 4.49. The van der Waals surface area contributed by atoms with Gasteiger partial charge in [-0.1, -0.05) is 49.8 Å². The second-order valence-electron chi connectivity index (χ2n) is 6.63. The van der Waals surface area contributed by atoms with Crippen molar-refractivity contribution < 1.29 is 14.3 Å². The van der Waals surface area contributed by atoms with Gasteiger partial charge in [-0.05, 0) is 43.5 Å². The number of nitrogens with one attached hydrogen (secondary N) is 1. The molecule has 2 rings (SSSR count). The number of aromatic nitrogens is 1. The maximum Gasteiger partial charge on any atom is 0.330 e. The Morgan fingerprint density at radius 3 is 2.66 bits per heavy atom. The van der Waals surface area contributed by atoms with Crippen LogP contribution in [-0.4, -0.2) is 24.0 Å². The van der Waals surface area contributed by atoms with Crippen LogP contribution in [0, 0.1) is 0 Å². The Kier molecular flexibility index (Phi) is 8.34. The molecule has 1 aromatic heterocycles. The highest BCUT2D eigenvalue weighted by molar-refractivity contribution is 5.93. The molecule has 1 amide bonds. The molecule has 0 bridgehead atoms. The standard InChI is InChI=1S/C24H28N2O3/c1-5-9-18(6-2)14-17(3)24(28)25-16-20-15-19-10-7-8-11-21(19)26-22(20)12-13-23(27)29-4/h7-15H,5-6,16H2,1-4H3,(H,25,28)/b13-12+,17-14+,18-9+. The molecule has 1 aromatic carbocycles. The fraction of sp³-hybridized carbons (Fsp3) is 0.292. The van der Waals surface area contributed by atoms with E-state index in [1.165, 1.54) is 13.2 Å². The Balaban J connectivity index is 2.26. The van der Waals surface area contributed by atoms with E-state index in [0.29, 0.717) is 17.8 Å². The Hall–Kier alpha value is -3.21. The summed E-state index contributed by atoms with van der Waals surface area (Å²) in [6.07, 6.45) is 8.82. The molecule has 29 heavy (non-hydrogen) atoms. The number of nitrogens with zero attached hydrogens (tertiary/aromatic N) is 1. The van der Waals surface area contributed by atoms with Gasteiger partial charge in [0.2, 0.25) is 5.91 Å². The Morgan fingerprint density at radius 2 is 1.97 bits per heavy atom. The minimum absolute atomic E-state index is 0.128. The van der Waals surface area contributed by atoms with Gasteiger partial charge in [-0.15, -0.1) is 0 Å². The smallest absolute Gasteiger partial charge is 0.330 e. The van der Waals surface area contributed by atoms with Gasteiger partial charge in [0.15, 0.2) is 0 Å². The highest BCUT2D eigenvalue weighted by atomic mass is 16.5. The first kappa shape index (κ1) is 22.1. The summed E-state index contributed by atoms with van der Waals surface area (Å²) < 4.78 is 4.66. The van der Waals surface area contributed by atoms with Gasteiger partial charge in [-0.25, -0.2) is 9.78 Å². The molecule has 1 N–H and O–H groups in total. The average molecular weight is 392 g/mol. The first-order valence-corrected chi connectivity index (χ1v) is 9.78. The number of amides is 1. The summed E-state index contributed by atoms with van der Waals surface area (Å²) >= 11 is 0. The van der Waals surface area contributed by atoms with E-state index in [1.807, 2.05) is 43.3 Å². The molecule has 0 saturated carbocycles. The lowest BCUT2D eigenvalue weighted by molar-refractivity contribution is -0.134. The van der Waals surface area contributed by atoms with Crippen molar-refractivity contribution in [3.8, 4) is 0 Å². The molecule has 0 spiro atoms. The maximum atomic E-state index is 12.5. The highest BCUT2D eigenvalue weighted by Crippen LogP contribution is 2.18. The van der Waals surface area contributed by atoms with Crippen LogP contribution in [0.3, 0.4) is 0 Å². The number of fused-ring (bicyclic) bond motifs is 1. The first-order chi connectivity index (χ1) is 14.0. The largest absolute Gasteiger partial charge is 0.466 e. The zero-order valence-corrected chi connectivity index (χ0v) is 17.5. The van der Waals surface area contributed by atoms with Crippen molar-refractivity contribution >= 4 is 28.9 Å². The van der Waals surface area contributed by atoms with Crippen molar-refractivity contribution in [2.45, 2.75) is 40.2 Å². The Bertz CT molecular complexity index is 971. The summed E-state index contributed by atoms with van der Waals surface area (Å²) in [7, 11) is 1.33. The second-order valence-corrected chi connectivity index (χ2v) is 6.63. The molecule has 0 aliphatic carbocycles. The molecular formula is C24H28N2O3. The zero-order chi connectivity index (χ0) is 21.2. The number of hydrogen-bond acceptors (Lipinski definition) is 4. The normalized spacial score (nSPS) is 12.4. The second kappa shape index (κ2) is 11.0. The third kappa shape index (κ3) is 6.42. The summed E-state index contributed by atoms with van der Waals surface area (Å²) in [5, 5.41) is 3.92. The number of pyridine rings is 1. The summed E-state index contributed by atoms with van der Waals surface area (Å²) in [5.74, 6) is -0.583. The molecule has 0 fully saturated rings. The van der Waals surface area contributed by atoms with Crippen LogP contribution < -0.4 is 5.32 Å². The molecule has 0 aliphatic rings. The highest BCUT2D eigenvalue weighted by Gasteiger charge is 2.09. The molecule has 0 saturated heterocycles. The fourth-order valence-electron chi connectivity index (χ4n) is 2.90. The summed E-state index contributed by atoms with van der Waals surface area (Å²) in [6.45, 7) is 6.27. The monoisotopic (exact) mass is 392 g/mol. The van der Waals surface area contributed by atoms with Crippen LogP contribution in [0.4, 0.5) is 0 Å². The van der Waals surface area contributed by atoms with Gasteiger partial charge in [0.25, 0.3) is 0 Å². The molecule has 0 unspecified atom stereocenters. The number of benzene rings is 1. The van der Waals surface area contributed by atoms with E-state index >= 15 is 0 Å². The number of methoxy groups -OCH3 is 1. The van der Waals surface area contributed by atoms with Crippen molar-refractivity contribution in [1.29, 1.82) is 0 Å². The van der Waals surface area contributed by atoms with Crippen LogP contribution in [0.1, 0.15) is 44.9 Å². The number of hydrogen-bond donors (Lipinski definition) is 1. The number of para-hydroxylation sites is 1. The van der Waals surface area contributed by atoms with E-state index in [4.69, 9.17) is 0 Å². The Labute approximate surface area is 172 Å². The van der Waals surface area contributed by atoms with Gasteiger partial charge in [0.05, 0.1) is 18.3 Å². The molecular weight excluding hydrogens is 364 g/mol. The van der Waals surface area contributed by atoms with Crippen molar-refractivity contribution in [1.82, 2.24) is 10.3 Å². The summed E-state index contributed by atoms with van der Waals surface area (Å²) in [6, 6.07) is 9.71. The predicted molar refractivity (Wildman–Crippen MR) is 117 cm³/mol. The quantitative estimate of drug-likeness (QED) is 0.401. The first-order valence-electron chi connectivity index (χ1n) is 9.78. The molecule has 0 aliphatic heterocycles. The van der Waals surface area contributed by atoms with Crippen molar-refractivity contribution in [3.05, 3.63) is 71.0 Å². The van der Waals surface area contributed by atoms with Gasteiger partial charge in [0.1, 0.15) is 0 Å². The van der Waals surface area contributed by atoms with E-state index < -0.39 is 5.97 Å². The number of ether oxygens (including phenoxy) is 1. The lowest BCUT2D eigenvalue weighted by atomic mass is 10.1. The van der Waals surface area contributed by atoms with E-state index in [2.05, 4.69) is 35.0 Å². The van der Waals surface area contributed by atoms with Crippen LogP contribution in [-0.2, 0) is 20.9 Å². The molecule has 5 heteroatoms. The fourth-order valence-corrected chi connectivity index (χ4v) is 2.90. The maximum absolute atomic E-state index is 12.5. The topological polar surface area (TPSA) is 68.3 Å². The number of carbonyl (C=O) groups is 2. The van der Waals surface area contributed by atoms with Crippen LogP contribution in [0.25, 0.3) is 17.0 Å². The Morgan fingerprint density at radius 1 is 1.21 bits per heavy atom. The van der Waals surface area contributed by atoms with Gasteiger partial charge >= 0.3 is 5.97 Å². The SMILES string of the molecule is CC/C=C(/C=C(\C)C(=O)NCc1cc2ccccc2nc1/C=C/C(=O)OC)CC. The lowest BCUT2D eigenvalue weighted by Crippen LogP contribution is -2.24. The third-order valence-corrected chi connectivity index (χ3v) is 4.49. The van der Waals surface area contributed by atoms with Crippen LogP contribution >= 0.6 is 0 Å². The van der Waals surface area contributed by atoms with E-state index in [0.717, 1.165) is 34.9 Å². The predicted octanol–water partition coefficient (Wildman–Crippen LogP) is 4.73. The molecule has 2 aromatic rings. The number of rotatable bonds is 8. The molecule has 152 valence electrons. The van der Waals surface area contributed by atoms with Crippen molar-refractivity contribution in [2.75, 3.05) is 7.11 Å².